The second-order valence-electron chi connectivity index (χ2n) is 8.90. The highest BCUT2D eigenvalue weighted by molar-refractivity contribution is 6.30. The number of fused-ring (bicyclic) bond motifs is 3. The minimum absolute atomic E-state index is 0.250. The number of amides is 1. The van der Waals surface area contributed by atoms with Gasteiger partial charge in [0.1, 0.15) is 11.5 Å². The third-order valence-electron chi connectivity index (χ3n) is 6.90. The minimum atomic E-state index is -0.319. The van der Waals surface area contributed by atoms with Gasteiger partial charge in [0.15, 0.2) is 0 Å². The summed E-state index contributed by atoms with van der Waals surface area (Å²) in [6.45, 7) is 1.67. The normalized spacial score (nSPS) is 17.2. The van der Waals surface area contributed by atoms with Gasteiger partial charge in [-0.1, -0.05) is 36.9 Å². The van der Waals surface area contributed by atoms with Crippen LogP contribution in [0.4, 0.5) is 4.39 Å². The van der Waals surface area contributed by atoms with Gasteiger partial charge in [0.25, 0.3) is 0 Å². The van der Waals surface area contributed by atoms with Crippen LogP contribution >= 0.6 is 11.6 Å². The van der Waals surface area contributed by atoms with Crippen molar-refractivity contribution in [2.75, 3.05) is 6.54 Å². The average molecular weight is 440 g/mol. The van der Waals surface area contributed by atoms with E-state index in [1.165, 1.54) is 43.7 Å². The molecule has 0 N–H and O–H groups in total. The van der Waals surface area contributed by atoms with E-state index >= 15 is 0 Å². The third kappa shape index (κ3) is 4.08. The van der Waals surface area contributed by atoms with Crippen molar-refractivity contribution < 1.29 is 9.18 Å². The summed E-state index contributed by atoms with van der Waals surface area (Å²) in [4.78, 5) is 19.7. The highest BCUT2D eigenvalue weighted by Crippen LogP contribution is 2.32. The summed E-state index contributed by atoms with van der Waals surface area (Å²) in [5, 5.41) is 1.49. The Morgan fingerprint density at radius 2 is 2.03 bits per heavy atom. The lowest BCUT2D eigenvalue weighted by atomic mass is 9.86. The maximum Gasteiger partial charge on any atom is 0.223 e. The predicted octanol–water partition coefficient (Wildman–Crippen LogP) is 5.73. The zero-order chi connectivity index (χ0) is 21.4. The Bertz CT molecular complexity index is 1120. The van der Waals surface area contributed by atoms with Crippen LogP contribution in [-0.4, -0.2) is 26.9 Å². The molecule has 6 heteroatoms. The number of hydrogen-bond donors (Lipinski definition) is 0. The van der Waals surface area contributed by atoms with Crippen molar-refractivity contribution in [1.29, 1.82) is 0 Å². The van der Waals surface area contributed by atoms with E-state index in [1.807, 2.05) is 11.0 Å². The topological polar surface area (TPSA) is 38.1 Å². The van der Waals surface area contributed by atoms with E-state index in [2.05, 4.69) is 15.6 Å². The molecule has 0 unspecified atom stereocenters. The number of hydrogen-bond acceptors (Lipinski definition) is 2. The molecular formula is C25H27ClFN3O. The Balaban J connectivity index is 1.45. The number of carbonyl (C=O) groups excluding carboxylic acids is 1. The molecule has 4 nitrogen and oxygen atoms in total. The van der Waals surface area contributed by atoms with Crippen LogP contribution in [0.2, 0.25) is 5.02 Å². The molecule has 1 aliphatic heterocycles. The average Bonchev–Trinajstić information content (AvgIpc) is 3.09. The van der Waals surface area contributed by atoms with Gasteiger partial charge in [-0.15, -0.1) is 0 Å². The summed E-state index contributed by atoms with van der Waals surface area (Å²) in [5.41, 5.74) is 3.73. The maximum atomic E-state index is 14.6. The number of benzene rings is 1. The van der Waals surface area contributed by atoms with Crippen LogP contribution in [0.25, 0.3) is 11.0 Å². The Labute approximate surface area is 187 Å². The van der Waals surface area contributed by atoms with E-state index in [9.17, 15) is 9.18 Å². The fourth-order valence-electron chi connectivity index (χ4n) is 5.23. The molecule has 0 saturated heterocycles. The van der Waals surface area contributed by atoms with Gasteiger partial charge in [-0.3, -0.25) is 4.79 Å². The quantitative estimate of drug-likeness (QED) is 0.520. The van der Waals surface area contributed by atoms with Crippen molar-refractivity contribution in [1.82, 2.24) is 14.5 Å². The van der Waals surface area contributed by atoms with Crippen LogP contribution in [0.3, 0.4) is 0 Å². The lowest BCUT2D eigenvalue weighted by Crippen LogP contribution is -2.37. The van der Waals surface area contributed by atoms with Crippen molar-refractivity contribution in [3.05, 3.63) is 64.2 Å². The Hall–Kier alpha value is -2.40. The van der Waals surface area contributed by atoms with Crippen LogP contribution in [-0.2, 0) is 24.3 Å². The van der Waals surface area contributed by atoms with Gasteiger partial charge in [0.2, 0.25) is 5.91 Å². The molecule has 31 heavy (non-hydrogen) atoms. The fourth-order valence-corrected chi connectivity index (χ4v) is 5.39. The molecular weight excluding hydrogens is 413 g/mol. The summed E-state index contributed by atoms with van der Waals surface area (Å²) < 4.78 is 16.6. The molecule has 5 rings (SSSR count). The molecule has 3 aromatic rings. The van der Waals surface area contributed by atoms with Gasteiger partial charge in [0, 0.05) is 40.8 Å². The zero-order valence-corrected chi connectivity index (χ0v) is 18.4. The molecule has 162 valence electrons. The molecule has 2 aliphatic rings. The molecule has 1 amide bonds. The van der Waals surface area contributed by atoms with E-state index < -0.39 is 0 Å². The Kier molecular flexibility index (Phi) is 5.70. The molecule has 3 heterocycles. The molecule has 2 aromatic heterocycles. The van der Waals surface area contributed by atoms with Gasteiger partial charge >= 0.3 is 0 Å². The zero-order valence-electron chi connectivity index (χ0n) is 17.6. The number of halogens is 2. The largest absolute Gasteiger partial charge is 0.337 e. The number of rotatable bonds is 4. The molecule has 1 aromatic carbocycles. The lowest BCUT2D eigenvalue weighted by Gasteiger charge is -2.31. The second kappa shape index (κ2) is 8.62. The molecule has 0 radical (unpaired) electrons. The minimum Gasteiger partial charge on any atom is -0.337 e. The van der Waals surface area contributed by atoms with Crippen molar-refractivity contribution in [2.45, 2.75) is 58.0 Å². The van der Waals surface area contributed by atoms with Gasteiger partial charge in [-0.25, -0.2) is 9.37 Å². The van der Waals surface area contributed by atoms with Crippen molar-refractivity contribution in [3.63, 3.8) is 0 Å². The van der Waals surface area contributed by atoms with E-state index in [4.69, 9.17) is 11.6 Å². The van der Waals surface area contributed by atoms with Crippen LogP contribution in [0.15, 0.2) is 36.5 Å². The third-order valence-corrected chi connectivity index (χ3v) is 7.13. The monoisotopic (exact) mass is 439 g/mol. The number of pyridine rings is 1. The standard InChI is InChI=1S/C25H27ClFN3O/c26-19-9-8-18(22(27)14-19)15-30-23-16-29(24(31)13-17-5-2-1-3-6-17)12-10-20(23)21-7-4-11-28-25(21)30/h4,7-9,11,14,17H,1-3,5-6,10,12-13,15-16H2. The first-order chi connectivity index (χ1) is 15.1. The number of aromatic nitrogens is 2. The van der Waals surface area contributed by atoms with Crippen LogP contribution < -0.4 is 0 Å². The molecule has 0 spiro atoms. The first kappa shape index (κ1) is 20.5. The maximum absolute atomic E-state index is 14.6. The summed E-state index contributed by atoms with van der Waals surface area (Å²) in [6, 6.07) is 8.81. The smallest absolute Gasteiger partial charge is 0.223 e. The van der Waals surface area contributed by atoms with Gasteiger partial charge in [-0.05, 0) is 55.0 Å². The molecule has 1 saturated carbocycles. The van der Waals surface area contributed by atoms with E-state index in [1.54, 1.807) is 18.3 Å². The molecule has 0 atom stereocenters. The first-order valence-electron chi connectivity index (χ1n) is 11.3. The van der Waals surface area contributed by atoms with Crippen molar-refractivity contribution in [2.24, 2.45) is 5.92 Å². The van der Waals surface area contributed by atoms with Gasteiger partial charge in [-0.2, -0.15) is 0 Å². The van der Waals surface area contributed by atoms with Gasteiger partial charge in [0.05, 0.1) is 13.1 Å². The number of carbonyl (C=O) groups is 1. The summed E-state index contributed by atoms with van der Waals surface area (Å²) in [7, 11) is 0. The van der Waals surface area contributed by atoms with Crippen molar-refractivity contribution >= 4 is 28.5 Å². The predicted molar refractivity (Wildman–Crippen MR) is 121 cm³/mol. The van der Waals surface area contributed by atoms with Crippen molar-refractivity contribution in [3.8, 4) is 0 Å². The van der Waals surface area contributed by atoms with E-state index in [-0.39, 0.29) is 11.7 Å². The SMILES string of the molecule is O=C(CC1CCCCC1)N1CCc2c(n(Cc3ccc(Cl)cc3F)c3ncccc23)C1. The molecule has 1 aliphatic carbocycles. The van der Waals surface area contributed by atoms with Crippen LogP contribution in [0.5, 0.6) is 0 Å². The Morgan fingerprint density at radius 3 is 2.84 bits per heavy atom. The summed E-state index contributed by atoms with van der Waals surface area (Å²) in [5.74, 6) is 0.457. The fraction of sp³-hybridized carbons (Fsp3) is 0.440. The number of nitrogens with zero attached hydrogens (tertiary/aromatic N) is 3. The summed E-state index contributed by atoms with van der Waals surface area (Å²) in [6.07, 6.45) is 9.36. The van der Waals surface area contributed by atoms with Crippen LogP contribution in [0.1, 0.15) is 55.3 Å². The first-order valence-corrected chi connectivity index (χ1v) is 11.6. The molecule has 1 fully saturated rings. The Morgan fingerprint density at radius 1 is 1.19 bits per heavy atom. The highest BCUT2D eigenvalue weighted by atomic mass is 35.5. The van der Waals surface area contributed by atoms with E-state index in [0.717, 1.165) is 29.7 Å². The summed E-state index contributed by atoms with van der Waals surface area (Å²) >= 11 is 5.94. The van der Waals surface area contributed by atoms with Crippen LogP contribution in [0, 0.1) is 11.7 Å². The van der Waals surface area contributed by atoms with E-state index in [0.29, 0.717) is 36.0 Å². The second-order valence-corrected chi connectivity index (χ2v) is 9.33. The molecule has 0 bridgehead atoms. The highest BCUT2D eigenvalue weighted by Gasteiger charge is 2.29. The lowest BCUT2D eigenvalue weighted by molar-refractivity contribution is -0.133. The van der Waals surface area contributed by atoms with Gasteiger partial charge < -0.3 is 9.47 Å².